The topological polar surface area (TPSA) is 58.6 Å². The number of rotatable bonds is 3. The van der Waals surface area contributed by atoms with Gasteiger partial charge in [-0.2, -0.15) is 15.4 Å². The molecule has 16 heavy (non-hydrogen) atoms. The van der Waals surface area contributed by atoms with Gasteiger partial charge in [0.25, 0.3) is 0 Å². The van der Waals surface area contributed by atoms with Crippen LogP contribution in [0.2, 0.25) is 5.02 Å². The zero-order valence-electron chi connectivity index (χ0n) is 8.64. The van der Waals surface area contributed by atoms with E-state index in [1.54, 1.807) is 37.4 Å². The molecular weight excluding hydrogens is 226 g/mol. The smallest absolute Gasteiger partial charge is 0.171 e. The normalized spacial score (nSPS) is 12.4. The molecule has 1 unspecified atom stereocenters. The Morgan fingerprint density at radius 1 is 1.38 bits per heavy atom. The number of H-pyrrole nitrogens is 1. The van der Waals surface area contributed by atoms with Gasteiger partial charge < -0.3 is 0 Å². The van der Waals surface area contributed by atoms with E-state index in [9.17, 15) is 4.79 Å². The summed E-state index contributed by atoms with van der Waals surface area (Å²) in [6, 6.07) is 6.82. The first kappa shape index (κ1) is 10.8. The van der Waals surface area contributed by atoms with Crippen LogP contribution in [0.3, 0.4) is 0 Å². The fraction of sp³-hybridized carbons (Fsp3) is 0.182. The molecule has 1 atom stereocenters. The number of benzene rings is 1. The van der Waals surface area contributed by atoms with Gasteiger partial charge >= 0.3 is 0 Å². The lowest BCUT2D eigenvalue weighted by Gasteiger charge is -2.06. The molecule has 0 aliphatic heterocycles. The summed E-state index contributed by atoms with van der Waals surface area (Å²) in [5, 5.41) is 10.7. The molecule has 5 heteroatoms. The van der Waals surface area contributed by atoms with Crippen molar-refractivity contribution in [1.29, 1.82) is 0 Å². The Morgan fingerprint density at radius 3 is 2.62 bits per heavy atom. The predicted octanol–water partition coefficient (Wildman–Crippen LogP) is 2.44. The Labute approximate surface area is 97.6 Å². The molecule has 1 heterocycles. The molecule has 82 valence electrons. The molecule has 0 aliphatic carbocycles. The minimum absolute atomic E-state index is 0.00515. The van der Waals surface area contributed by atoms with E-state index in [1.165, 1.54) is 0 Å². The lowest BCUT2D eigenvalue weighted by atomic mass is 9.97. The van der Waals surface area contributed by atoms with E-state index in [-0.39, 0.29) is 11.7 Å². The van der Waals surface area contributed by atoms with Gasteiger partial charge in [-0.05, 0) is 31.2 Å². The third-order valence-electron chi connectivity index (χ3n) is 2.40. The van der Waals surface area contributed by atoms with Gasteiger partial charge in [0.15, 0.2) is 5.78 Å². The highest BCUT2D eigenvalue weighted by atomic mass is 35.5. The van der Waals surface area contributed by atoms with Crippen molar-refractivity contribution in [2.75, 3.05) is 0 Å². The number of Topliss-reactive ketones (excluding diaryl/α,β-unsaturated/α-hetero) is 1. The Bertz CT molecular complexity index is 478. The summed E-state index contributed by atoms with van der Waals surface area (Å²) in [4.78, 5) is 12.0. The molecule has 1 aromatic heterocycles. The number of hydrogen-bond acceptors (Lipinski definition) is 3. The standard InChI is InChI=1S/C11H10ClN3O/c1-7(10-6-13-15-14-10)11(16)8-2-4-9(12)5-3-8/h2-7H,1H3,(H,13,14,15). The lowest BCUT2D eigenvalue weighted by molar-refractivity contribution is 0.0964. The van der Waals surface area contributed by atoms with Crippen LogP contribution in [-0.4, -0.2) is 21.2 Å². The van der Waals surface area contributed by atoms with Crippen LogP contribution in [-0.2, 0) is 0 Å². The van der Waals surface area contributed by atoms with E-state index < -0.39 is 0 Å². The zero-order valence-corrected chi connectivity index (χ0v) is 9.40. The fourth-order valence-electron chi connectivity index (χ4n) is 1.42. The number of ketones is 1. The van der Waals surface area contributed by atoms with Crippen LogP contribution in [0.25, 0.3) is 0 Å². The Kier molecular flexibility index (Phi) is 3.01. The Balaban J connectivity index is 2.22. The second-order valence-corrected chi connectivity index (χ2v) is 3.92. The monoisotopic (exact) mass is 235 g/mol. The summed E-state index contributed by atoms with van der Waals surface area (Å²) in [5.41, 5.74) is 1.26. The molecule has 0 spiro atoms. The second-order valence-electron chi connectivity index (χ2n) is 3.49. The van der Waals surface area contributed by atoms with Crippen LogP contribution in [0, 0.1) is 0 Å². The van der Waals surface area contributed by atoms with E-state index in [0.717, 1.165) is 0 Å². The van der Waals surface area contributed by atoms with Crippen molar-refractivity contribution >= 4 is 17.4 Å². The summed E-state index contributed by atoms with van der Waals surface area (Å²) in [7, 11) is 0. The van der Waals surface area contributed by atoms with Crippen molar-refractivity contribution < 1.29 is 4.79 Å². The third-order valence-corrected chi connectivity index (χ3v) is 2.65. The van der Waals surface area contributed by atoms with Crippen molar-refractivity contribution in [3.8, 4) is 0 Å². The van der Waals surface area contributed by atoms with Gasteiger partial charge in [-0.1, -0.05) is 11.6 Å². The van der Waals surface area contributed by atoms with Crippen molar-refractivity contribution in [1.82, 2.24) is 15.4 Å². The van der Waals surface area contributed by atoms with Crippen molar-refractivity contribution in [2.45, 2.75) is 12.8 Å². The van der Waals surface area contributed by atoms with Crippen LogP contribution < -0.4 is 0 Å². The second kappa shape index (κ2) is 4.45. The van der Waals surface area contributed by atoms with E-state index in [4.69, 9.17) is 11.6 Å². The highest BCUT2D eigenvalue weighted by molar-refractivity contribution is 6.30. The zero-order chi connectivity index (χ0) is 11.5. The highest BCUT2D eigenvalue weighted by Crippen LogP contribution is 2.19. The molecule has 1 aromatic carbocycles. The maximum atomic E-state index is 12.0. The summed E-state index contributed by atoms with van der Waals surface area (Å²) >= 11 is 5.76. The van der Waals surface area contributed by atoms with Crippen molar-refractivity contribution in [3.63, 3.8) is 0 Å². The Morgan fingerprint density at radius 2 is 2.06 bits per heavy atom. The van der Waals surface area contributed by atoms with Crippen LogP contribution in [0.5, 0.6) is 0 Å². The first-order valence-electron chi connectivity index (χ1n) is 4.84. The third kappa shape index (κ3) is 2.12. The number of nitrogens with zero attached hydrogens (tertiary/aromatic N) is 2. The number of aromatic nitrogens is 3. The lowest BCUT2D eigenvalue weighted by Crippen LogP contribution is -2.09. The van der Waals surface area contributed by atoms with Crippen LogP contribution in [0.15, 0.2) is 30.5 Å². The molecule has 1 N–H and O–H groups in total. The number of nitrogens with one attached hydrogen (secondary N) is 1. The van der Waals surface area contributed by atoms with Gasteiger partial charge in [0.05, 0.1) is 17.8 Å². The molecule has 4 nitrogen and oxygen atoms in total. The average Bonchev–Trinajstić information content (AvgIpc) is 2.81. The average molecular weight is 236 g/mol. The van der Waals surface area contributed by atoms with Crippen LogP contribution >= 0.6 is 11.6 Å². The number of aromatic amines is 1. The van der Waals surface area contributed by atoms with Crippen molar-refractivity contribution in [3.05, 3.63) is 46.7 Å². The summed E-state index contributed by atoms with van der Waals surface area (Å²) < 4.78 is 0. The molecule has 0 fully saturated rings. The first-order chi connectivity index (χ1) is 7.68. The number of carbonyl (C=O) groups excluding carboxylic acids is 1. The van der Waals surface area contributed by atoms with E-state index in [2.05, 4.69) is 15.4 Å². The predicted molar refractivity (Wildman–Crippen MR) is 60.6 cm³/mol. The molecule has 0 saturated carbocycles. The van der Waals surface area contributed by atoms with Gasteiger partial charge in [-0.3, -0.25) is 4.79 Å². The molecule has 0 aliphatic rings. The molecule has 0 amide bonds. The van der Waals surface area contributed by atoms with Gasteiger partial charge in [0.1, 0.15) is 0 Å². The van der Waals surface area contributed by atoms with Crippen LogP contribution in [0.4, 0.5) is 0 Å². The number of halogens is 1. The van der Waals surface area contributed by atoms with E-state index >= 15 is 0 Å². The van der Waals surface area contributed by atoms with E-state index in [0.29, 0.717) is 16.3 Å². The molecular formula is C11H10ClN3O. The largest absolute Gasteiger partial charge is 0.293 e. The summed E-state index contributed by atoms with van der Waals surface area (Å²) in [5.74, 6) is -0.300. The summed E-state index contributed by atoms with van der Waals surface area (Å²) in [6.45, 7) is 1.80. The molecule has 0 saturated heterocycles. The summed E-state index contributed by atoms with van der Waals surface area (Å²) in [6.07, 6.45) is 1.55. The number of carbonyl (C=O) groups is 1. The molecule has 2 rings (SSSR count). The van der Waals surface area contributed by atoms with Gasteiger partial charge in [0.2, 0.25) is 0 Å². The molecule has 2 aromatic rings. The van der Waals surface area contributed by atoms with Crippen LogP contribution in [0.1, 0.15) is 28.9 Å². The van der Waals surface area contributed by atoms with Crippen molar-refractivity contribution in [2.24, 2.45) is 0 Å². The first-order valence-corrected chi connectivity index (χ1v) is 5.21. The molecule has 0 bridgehead atoms. The van der Waals surface area contributed by atoms with Gasteiger partial charge in [-0.15, -0.1) is 0 Å². The minimum Gasteiger partial charge on any atom is -0.293 e. The highest BCUT2D eigenvalue weighted by Gasteiger charge is 2.19. The Hall–Kier alpha value is -1.68. The quantitative estimate of drug-likeness (QED) is 0.832. The minimum atomic E-state index is -0.306. The number of hydrogen-bond donors (Lipinski definition) is 1. The maximum absolute atomic E-state index is 12.0. The van der Waals surface area contributed by atoms with Gasteiger partial charge in [-0.25, -0.2) is 0 Å². The fourth-order valence-corrected chi connectivity index (χ4v) is 1.54. The maximum Gasteiger partial charge on any atom is 0.171 e. The van der Waals surface area contributed by atoms with Gasteiger partial charge in [0, 0.05) is 10.6 Å². The SMILES string of the molecule is CC(C(=O)c1ccc(Cl)cc1)c1cn[nH]n1. The molecule has 0 radical (unpaired) electrons. The van der Waals surface area contributed by atoms with E-state index in [1.807, 2.05) is 0 Å².